The lowest BCUT2D eigenvalue weighted by Crippen LogP contribution is -2.45. The molecule has 0 aromatic carbocycles. The first kappa shape index (κ1) is 46.5. The molecule has 0 N–H and O–H groups in total. The van der Waals surface area contributed by atoms with E-state index in [1.165, 1.54) is 199 Å². The summed E-state index contributed by atoms with van der Waals surface area (Å²) in [6, 6.07) is 0.969. The minimum absolute atomic E-state index is 0.665. The second-order valence-corrected chi connectivity index (χ2v) is 16.8. The first-order chi connectivity index (χ1) is 23.2. The Morgan fingerprint density at radius 1 is 0.362 bits per heavy atom. The van der Waals surface area contributed by atoms with E-state index in [4.69, 9.17) is 13.3 Å². The van der Waals surface area contributed by atoms with Crippen LogP contribution in [-0.2, 0) is 18.1 Å². The van der Waals surface area contributed by atoms with Gasteiger partial charge in [0.1, 0.15) is 0 Å². The highest BCUT2D eigenvalue weighted by Gasteiger charge is 2.39. The molecule has 0 saturated heterocycles. The monoisotopic (exact) mass is 682 g/mol. The third-order valence-electron chi connectivity index (χ3n) is 9.66. The highest BCUT2D eigenvalue weighted by Crippen LogP contribution is 2.21. The van der Waals surface area contributed by atoms with Gasteiger partial charge in [0.05, 0.1) is 6.54 Å². The van der Waals surface area contributed by atoms with Gasteiger partial charge >= 0.3 is 8.80 Å². The third-order valence-corrected chi connectivity index (χ3v) is 12.8. The van der Waals surface area contributed by atoms with Crippen molar-refractivity contribution in [2.75, 3.05) is 26.4 Å². The lowest BCUT2D eigenvalue weighted by atomic mass is 10.0. The maximum atomic E-state index is 10.0. The van der Waals surface area contributed by atoms with E-state index >= 15 is 0 Å². The summed E-state index contributed by atoms with van der Waals surface area (Å²) < 4.78 is 17.9. The zero-order valence-corrected chi connectivity index (χ0v) is 33.2. The molecule has 6 heteroatoms. The van der Waals surface area contributed by atoms with Crippen molar-refractivity contribution in [3.63, 3.8) is 0 Å². The van der Waals surface area contributed by atoms with E-state index in [1.54, 1.807) is 6.08 Å². The lowest BCUT2D eigenvalue weighted by Gasteiger charge is -2.28. The molecule has 280 valence electrons. The van der Waals surface area contributed by atoms with Crippen LogP contribution in [0.2, 0.25) is 6.04 Å². The summed E-state index contributed by atoms with van der Waals surface area (Å²) in [6.07, 6.45) is 46.3. The summed E-state index contributed by atoms with van der Waals surface area (Å²) in [5.41, 5.74) is 0. The maximum Gasteiger partial charge on any atom is 0.500 e. The predicted molar refractivity (Wildman–Crippen MR) is 206 cm³/mol. The minimum atomic E-state index is -2.43. The van der Waals surface area contributed by atoms with Crippen molar-refractivity contribution in [3.05, 3.63) is 0 Å². The van der Waals surface area contributed by atoms with Crippen LogP contribution in [0.5, 0.6) is 0 Å². The Balaban J connectivity index is 3.22. The van der Waals surface area contributed by atoms with Gasteiger partial charge in [-0.15, -0.1) is 0 Å². The molecule has 0 rings (SSSR count). The molecule has 0 atom stereocenters. The fourth-order valence-corrected chi connectivity index (χ4v) is 9.57. The summed E-state index contributed by atoms with van der Waals surface area (Å²) in [5, 5.41) is 0. The molecule has 0 radical (unpaired) electrons. The molecule has 0 aliphatic rings. The van der Waals surface area contributed by atoms with Gasteiger partial charge in [0.2, 0.25) is 6.08 Å². The summed E-state index contributed by atoms with van der Waals surface area (Å²) >= 11 is 0. The zero-order valence-electron chi connectivity index (χ0n) is 32.2. The van der Waals surface area contributed by atoms with Gasteiger partial charge in [-0.2, -0.15) is 0 Å². The van der Waals surface area contributed by atoms with E-state index in [0.29, 0.717) is 26.4 Å². The molecule has 0 fully saturated rings. The topological polar surface area (TPSA) is 57.1 Å². The number of carbonyl (C=O) groups excluding carboxylic acids is 1. The summed E-state index contributed by atoms with van der Waals surface area (Å²) in [5.74, 6) is 0. The highest BCUT2D eigenvalue weighted by atomic mass is 28.4. The highest BCUT2D eigenvalue weighted by molar-refractivity contribution is 6.60. The summed E-state index contributed by atoms with van der Waals surface area (Å²) in [7, 11) is -2.43. The fraction of sp³-hybridized carbons (Fsp3) is 0.976. The summed E-state index contributed by atoms with van der Waals surface area (Å²) in [4.78, 5) is 13.6. The molecule has 0 bridgehead atoms. The van der Waals surface area contributed by atoms with Crippen LogP contribution in [0.4, 0.5) is 0 Å². The van der Waals surface area contributed by atoms with Gasteiger partial charge in [-0.1, -0.05) is 193 Å². The fourth-order valence-electron chi connectivity index (χ4n) is 6.88. The van der Waals surface area contributed by atoms with Crippen LogP contribution in [0.15, 0.2) is 4.99 Å². The Morgan fingerprint density at radius 2 is 0.574 bits per heavy atom. The number of rotatable bonds is 41. The Kier molecular flexibility index (Phi) is 39.5. The van der Waals surface area contributed by atoms with Crippen molar-refractivity contribution in [1.82, 2.24) is 0 Å². The average Bonchev–Trinajstić information content (AvgIpc) is 3.07. The smallest absolute Gasteiger partial charge is 0.374 e. The van der Waals surface area contributed by atoms with E-state index < -0.39 is 8.80 Å². The molecule has 0 aliphatic heterocycles. The van der Waals surface area contributed by atoms with Gasteiger partial charge in [0.25, 0.3) is 0 Å². The Labute approximate surface area is 295 Å². The van der Waals surface area contributed by atoms with E-state index in [2.05, 4.69) is 4.99 Å². The zero-order chi connectivity index (χ0) is 34.2. The van der Waals surface area contributed by atoms with Crippen molar-refractivity contribution in [1.29, 1.82) is 0 Å². The van der Waals surface area contributed by atoms with Crippen molar-refractivity contribution < 1.29 is 18.1 Å². The molecule has 0 spiro atoms. The molecular formula is C41H83NO4Si. The number of isocyanates is 1. The average molecular weight is 682 g/mol. The Hall–Kier alpha value is -0.523. The number of unbranched alkanes of at least 4 members (excludes halogenated alkanes) is 31. The molecule has 47 heavy (non-hydrogen) atoms. The second kappa shape index (κ2) is 39.9. The number of hydrogen-bond donors (Lipinski definition) is 0. The predicted octanol–water partition coefficient (Wildman–Crippen LogP) is 13.9. The molecule has 0 amide bonds. The van der Waals surface area contributed by atoms with Crippen LogP contribution in [0, 0.1) is 0 Å². The van der Waals surface area contributed by atoms with Crippen molar-refractivity contribution in [2.24, 2.45) is 4.99 Å². The minimum Gasteiger partial charge on any atom is -0.374 e. The van der Waals surface area contributed by atoms with Crippen LogP contribution in [0.1, 0.15) is 226 Å². The van der Waals surface area contributed by atoms with Crippen molar-refractivity contribution >= 4 is 14.9 Å². The van der Waals surface area contributed by atoms with Crippen LogP contribution in [0.3, 0.4) is 0 Å². The molecule has 5 nitrogen and oxygen atoms in total. The van der Waals surface area contributed by atoms with Crippen molar-refractivity contribution in [2.45, 2.75) is 232 Å². The molecule has 0 heterocycles. The van der Waals surface area contributed by atoms with Gasteiger partial charge in [-0.25, -0.2) is 9.79 Å². The standard InChI is InChI=1S/C41H83NO4Si/c1-4-44-47(45-5-2,46-6-3)40-38-36-34-32-30-28-26-24-22-20-18-16-14-12-10-8-7-9-11-13-15-17-19-21-23-25-27-29-31-33-35-37-39-42-41-43/h4-40H2,1-3H3. The van der Waals surface area contributed by atoms with E-state index in [-0.39, 0.29) is 0 Å². The van der Waals surface area contributed by atoms with Crippen LogP contribution < -0.4 is 0 Å². The molecule has 0 unspecified atom stereocenters. The lowest BCUT2D eigenvalue weighted by molar-refractivity contribution is 0.0706. The van der Waals surface area contributed by atoms with Crippen molar-refractivity contribution in [3.8, 4) is 0 Å². The van der Waals surface area contributed by atoms with Gasteiger partial charge in [0, 0.05) is 25.9 Å². The first-order valence-corrected chi connectivity index (χ1v) is 23.1. The van der Waals surface area contributed by atoms with Gasteiger partial charge in [-0.05, 0) is 33.6 Å². The van der Waals surface area contributed by atoms with Crippen LogP contribution in [-0.4, -0.2) is 41.2 Å². The van der Waals surface area contributed by atoms with Gasteiger partial charge in [0.15, 0.2) is 0 Å². The third kappa shape index (κ3) is 35.1. The second-order valence-electron chi connectivity index (χ2n) is 14.0. The number of aliphatic imine (C=N–C) groups is 1. The Bertz CT molecular complexity index is 626. The van der Waals surface area contributed by atoms with E-state index in [1.807, 2.05) is 20.8 Å². The molecule has 0 aromatic rings. The first-order valence-electron chi connectivity index (χ1n) is 21.2. The van der Waals surface area contributed by atoms with Crippen LogP contribution in [0.25, 0.3) is 0 Å². The number of hydrogen-bond acceptors (Lipinski definition) is 5. The Morgan fingerprint density at radius 3 is 0.787 bits per heavy atom. The molecule has 0 aromatic heterocycles. The van der Waals surface area contributed by atoms with Crippen LogP contribution >= 0.6 is 0 Å². The normalized spacial score (nSPS) is 11.7. The molecule has 0 saturated carbocycles. The maximum absolute atomic E-state index is 10.0. The summed E-state index contributed by atoms with van der Waals surface area (Å²) in [6.45, 7) is 8.83. The quantitative estimate of drug-likeness (QED) is 0.0279. The van der Waals surface area contributed by atoms with E-state index in [9.17, 15) is 4.79 Å². The van der Waals surface area contributed by atoms with Gasteiger partial charge in [-0.3, -0.25) is 0 Å². The molecule has 0 aliphatic carbocycles. The SMILES string of the molecule is CCO[Si](CCCCCCCCCCCCCCCCCCCCCCCCCCCCCCCCCCN=C=O)(OCC)OCC. The van der Waals surface area contributed by atoms with Gasteiger partial charge < -0.3 is 13.3 Å². The van der Waals surface area contributed by atoms with E-state index in [0.717, 1.165) is 12.5 Å². The number of nitrogens with zero attached hydrogens (tertiary/aromatic N) is 1. The largest absolute Gasteiger partial charge is 0.500 e. The molecular weight excluding hydrogens is 599 g/mol.